The molecule has 106 valence electrons. The Balaban J connectivity index is 2.70. The minimum Gasteiger partial charge on any atom is -0.450 e. The minimum atomic E-state index is -1.25. The fourth-order valence-corrected chi connectivity index (χ4v) is 1.87. The van der Waals surface area contributed by atoms with Crippen molar-refractivity contribution in [1.82, 2.24) is 0 Å². The summed E-state index contributed by atoms with van der Waals surface area (Å²) in [5.41, 5.74) is 1.03. The average Bonchev–Trinajstić information content (AvgIpc) is 2.34. The summed E-state index contributed by atoms with van der Waals surface area (Å²) in [5, 5.41) is 8.73. The maximum atomic E-state index is 10.7. The van der Waals surface area contributed by atoms with Gasteiger partial charge in [0.05, 0.1) is 6.61 Å². The summed E-state index contributed by atoms with van der Waals surface area (Å²) in [7, 11) is 0. The first-order chi connectivity index (χ1) is 9.00. The average molecular weight is 266 g/mol. The molecule has 1 aromatic rings. The van der Waals surface area contributed by atoms with Gasteiger partial charge in [-0.15, -0.1) is 0 Å². The molecule has 4 heteroatoms. The van der Waals surface area contributed by atoms with E-state index < -0.39 is 12.3 Å². The van der Waals surface area contributed by atoms with Gasteiger partial charge in [-0.3, -0.25) is 0 Å². The van der Waals surface area contributed by atoms with Crippen LogP contribution in [0.15, 0.2) is 30.3 Å². The van der Waals surface area contributed by atoms with Crippen LogP contribution >= 0.6 is 0 Å². The predicted molar refractivity (Wildman–Crippen MR) is 73.4 cm³/mol. The maximum Gasteiger partial charge on any atom is 0.506 e. The van der Waals surface area contributed by atoms with Crippen LogP contribution in [0, 0.1) is 5.92 Å². The lowest BCUT2D eigenvalue weighted by molar-refractivity contribution is 0.0191. The van der Waals surface area contributed by atoms with Gasteiger partial charge in [-0.1, -0.05) is 44.2 Å². The van der Waals surface area contributed by atoms with Crippen LogP contribution in [0.25, 0.3) is 0 Å². The molecule has 4 nitrogen and oxygen atoms in total. The molecule has 2 atom stereocenters. The van der Waals surface area contributed by atoms with Crippen LogP contribution in [0.2, 0.25) is 0 Å². The normalized spacial score (nSPS) is 14.1. The van der Waals surface area contributed by atoms with Crippen molar-refractivity contribution in [3.63, 3.8) is 0 Å². The number of benzene rings is 1. The molecule has 0 bridgehead atoms. The zero-order valence-corrected chi connectivity index (χ0v) is 11.7. The largest absolute Gasteiger partial charge is 0.506 e. The molecule has 1 aromatic carbocycles. The van der Waals surface area contributed by atoms with Crippen LogP contribution in [-0.2, 0) is 9.47 Å². The van der Waals surface area contributed by atoms with E-state index in [-0.39, 0.29) is 5.92 Å². The summed E-state index contributed by atoms with van der Waals surface area (Å²) in [6.45, 7) is 7.02. The summed E-state index contributed by atoms with van der Waals surface area (Å²) in [4.78, 5) is 10.7. The third-order valence-electron chi connectivity index (χ3n) is 2.83. The SMILES string of the molecule is CC(C)COCC(c1ccccc1)C(C)OC(=O)O. The zero-order chi connectivity index (χ0) is 14.3. The van der Waals surface area contributed by atoms with Crippen molar-refractivity contribution in [2.45, 2.75) is 32.8 Å². The first-order valence-electron chi connectivity index (χ1n) is 6.53. The van der Waals surface area contributed by atoms with Crippen molar-refractivity contribution in [2.24, 2.45) is 5.92 Å². The van der Waals surface area contributed by atoms with Crippen molar-refractivity contribution >= 4 is 6.16 Å². The summed E-state index contributed by atoms with van der Waals surface area (Å²) >= 11 is 0. The number of carboxylic acid groups (broad SMARTS) is 1. The van der Waals surface area contributed by atoms with Crippen LogP contribution in [0.4, 0.5) is 4.79 Å². The van der Waals surface area contributed by atoms with Gasteiger partial charge in [0, 0.05) is 12.5 Å². The molecule has 0 fully saturated rings. The number of carbonyl (C=O) groups is 1. The third-order valence-corrected chi connectivity index (χ3v) is 2.83. The Morgan fingerprint density at radius 3 is 2.32 bits per heavy atom. The molecule has 0 saturated heterocycles. The summed E-state index contributed by atoms with van der Waals surface area (Å²) in [6, 6.07) is 9.71. The molecule has 1 rings (SSSR count). The van der Waals surface area contributed by atoms with Gasteiger partial charge in [-0.2, -0.15) is 0 Å². The number of ether oxygens (including phenoxy) is 2. The second kappa shape index (κ2) is 7.79. The van der Waals surface area contributed by atoms with E-state index in [1.807, 2.05) is 30.3 Å². The smallest absolute Gasteiger partial charge is 0.450 e. The van der Waals surface area contributed by atoms with E-state index in [9.17, 15) is 4.79 Å². The first-order valence-corrected chi connectivity index (χ1v) is 6.53. The number of hydrogen-bond acceptors (Lipinski definition) is 3. The minimum absolute atomic E-state index is 0.0870. The van der Waals surface area contributed by atoms with Gasteiger partial charge in [0.2, 0.25) is 0 Å². The number of rotatable bonds is 7. The summed E-state index contributed by atoms with van der Waals surface area (Å²) in [5.74, 6) is 0.364. The van der Waals surface area contributed by atoms with Crippen molar-refractivity contribution in [3.05, 3.63) is 35.9 Å². The highest BCUT2D eigenvalue weighted by molar-refractivity contribution is 5.57. The summed E-state index contributed by atoms with van der Waals surface area (Å²) in [6.07, 6.45) is -1.69. The monoisotopic (exact) mass is 266 g/mol. The van der Waals surface area contributed by atoms with Gasteiger partial charge >= 0.3 is 6.16 Å². The highest BCUT2D eigenvalue weighted by Gasteiger charge is 2.23. The molecule has 0 aliphatic rings. The summed E-state index contributed by atoms with van der Waals surface area (Å²) < 4.78 is 10.5. The van der Waals surface area contributed by atoms with E-state index in [0.29, 0.717) is 19.1 Å². The standard InChI is InChI=1S/C15H22O4/c1-11(2)9-18-10-14(12(3)19-15(16)17)13-7-5-4-6-8-13/h4-8,11-12,14H,9-10H2,1-3H3,(H,16,17). The molecule has 0 amide bonds. The van der Waals surface area contributed by atoms with Gasteiger partial charge < -0.3 is 14.6 Å². The van der Waals surface area contributed by atoms with Crippen molar-refractivity contribution < 1.29 is 19.4 Å². The Kier molecular flexibility index (Phi) is 6.36. The molecule has 0 aliphatic carbocycles. The predicted octanol–water partition coefficient (Wildman–Crippen LogP) is 3.53. The third kappa shape index (κ3) is 5.75. The van der Waals surface area contributed by atoms with Crippen molar-refractivity contribution in [2.75, 3.05) is 13.2 Å². The molecule has 0 saturated carbocycles. The molecule has 0 aliphatic heterocycles. The molecule has 0 spiro atoms. The Morgan fingerprint density at radius 1 is 1.16 bits per heavy atom. The zero-order valence-electron chi connectivity index (χ0n) is 11.7. The van der Waals surface area contributed by atoms with Gasteiger partial charge in [-0.25, -0.2) is 4.79 Å². The Hall–Kier alpha value is -1.55. The fourth-order valence-electron chi connectivity index (χ4n) is 1.87. The Morgan fingerprint density at radius 2 is 1.79 bits per heavy atom. The fraction of sp³-hybridized carbons (Fsp3) is 0.533. The molecule has 0 radical (unpaired) electrons. The maximum absolute atomic E-state index is 10.7. The van der Waals surface area contributed by atoms with E-state index in [1.165, 1.54) is 0 Å². The van der Waals surface area contributed by atoms with Crippen LogP contribution in [0.1, 0.15) is 32.3 Å². The second-order valence-electron chi connectivity index (χ2n) is 5.04. The first kappa shape index (κ1) is 15.5. The van der Waals surface area contributed by atoms with E-state index >= 15 is 0 Å². The van der Waals surface area contributed by atoms with E-state index in [0.717, 1.165) is 5.56 Å². The molecule has 0 aromatic heterocycles. The van der Waals surface area contributed by atoms with Gasteiger partial charge in [0.15, 0.2) is 0 Å². The lowest BCUT2D eigenvalue weighted by Gasteiger charge is -2.23. The van der Waals surface area contributed by atoms with Crippen LogP contribution < -0.4 is 0 Å². The molecule has 1 N–H and O–H groups in total. The van der Waals surface area contributed by atoms with Gasteiger partial charge in [0.1, 0.15) is 6.10 Å². The van der Waals surface area contributed by atoms with E-state index in [4.69, 9.17) is 14.6 Å². The quantitative estimate of drug-likeness (QED) is 0.767. The van der Waals surface area contributed by atoms with Crippen LogP contribution in [0.5, 0.6) is 0 Å². The topological polar surface area (TPSA) is 55.8 Å². The molecule has 19 heavy (non-hydrogen) atoms. The molecular weight excluding hydrogens is 244 g/mol. The molecule has 0 heterocycles. The van der Waals surface area contributed by atoms with Crippen LogP contribution in [0.3, 0.4) is 0 Å². The van der Waals surface area contributed by atoms with Crippen LogP contribution in [-0.4, -0.2) is 30.6 Å². The Bertz CT molecular complexity index is 375. The highest BCUT2D eigenvalue weighted by atomic mass is 16.7. The van der Waals surface area contributed by atoms with Crippen molar-refractivity contribution in [3.8, 4) is 0 Å². The Labute approximate surface area is 114 Å². The van der Waals surface area contributed by atoms with Crippen molar-refractivity contribution in [1.29, 1.82) is 0 Å². The number of hydrogen-bond donors (Lipinski definition) is 1. The molecular formula is C15H22O4. The molecule has 2 unspecified atom stereocenters. The van der Waals surface area contributed by atoms with Gasteiger partial charge in [0.25, 0.3) is 0 Å². The lowest BCUT2D eigenvalue weighted by Crippen LogP contribution is -2.26. The van der Waals surface area contributed by atoms with Gasteiger partial charge in [-0.05, 0) is 18.4 Å². The van der Waals surface area contributed by atoms with E-state index in [2.05, 4.69) is 13.8 Å². The highest BCUT2D eigenvalue weighted by Crippen LogP contribution is 2.22. The lowest BCUT2D eigenvalue weighted by atomic mass is 9.95. The van der Waals surface area contributed by atoms with E-state index in [1.54, 1.807) is 6.92 Å². The second-order valence-corrected chi connectivity index (χ2v) is 5.04.